The zero-order chi connectivity index (χ0) is 8.72. The van der Waals surface area contributed by atoms with E-state index in [1.54, 1.807) is 0 Å². The number of rotatable bonds is 0. The third kappa shape index (κ3) is 0.981. The highest BCUT2D eigenvalue weighted by atomic mass is 32.2. The van der Waals surface area contributed by atoms with Gasteiger partial charge in [0.2, 0.25) is 0 Å². The molecular weight excluding hydrogens is 180 g/mol. The van der Waals surface area contributed by atoms with Crippen molar-refractivity contribution in [2.24, 2.45) is 0 Å². The number of carbonyl (C=O) groups is 2. The second-order valence-electron chi connectivity index (χ2n) is 2.33. The van der Waals surface area contributed by atoms with Crippen molar-refractivity contribution in [3.8, 4) is 0 Å². The zero-order valence-corrected chi connectivity index (χ0v) is 6.63. The van der Waals surface area contributed by atoms with E-state index in [0.717, 1.165) is 17.8 Å². The molecule has 62 valence electrons. The van der Waals surface area contributed by atoms with E-state index in [2.05, 4.69) is 4.74 Å². The summed E-state index contributed by atoms with van der Waals surface area (Å²) in [6, 6.07) is 0. The predicted molar refractivity (Wildman–Crippen MR) is 40.9 cm³/mol. The van der Waals surface area contributed by atoms with Crippen molar-refractivity contribution >= 4 is 23.7 Å². The molecule has 0 aromatic rings. The van der Waals surface area contributed by atoms with E-state index in [4.69, 9.17) is 0 Å². The quantitative estimate of drug-likeness (QED) is 0.422. The van der Waals surface area contributed by atoms with Crippen LogP contribution in [0.3, 0.4) is 0 Å². The molecule has 0 aromatic heterocycles. The Morgan fingerprint density at radius 2 is 2.25 bits per heavy atom. The van der Waals surface area contributed by atoms with Crippen molar-refractivity contribution in [3.63, 3.8) is 0 Å². The largest absolute Gasteiger partial charge is 0.386 e. The van der Waals surface area contributed by atoms with Gasteiger partial charge in [-0.1, -0.05) is 11.8 Å². The van der Waals surface area contributed by atoms with Crippen LogP contribution in [-0.2, 0) is 14.3 Å². The van der Waals surface area contributed by atoms with Crippen molar-refractivity contribution in [2.45, 2.75) is 5.44 Å². The van der Waals surface area contributed by atoms with E-state index in [9.17, 15) is 14.7 Å². The van der Waals surface area contributed by atoms with Crippen molar-refractivity contribution in [1.29, 1.82) is 0 Å². The molecule has 2 aliphatic rings. The van der Waals surface area contributed by atoms with Gasteiger partial charge in [0.05, 0.1) is 5.57 Å². The first-order valence-corrected chi connectivity index (χ1v) is 4.14. The number of thioether (sulfide) groups is 1. The molecule has 2 aliphatic heterocycles. The Labute approximate surface area is 71.9 Å². The standard InChI is InChI=1S/C7H4O4S/c8-5-1-3-4(6(9)11-5)2-12-7(3)10/h1-2,7,10H. The molecule has 0 bridgehead atoms. The number of aliphatic hydroxyl groups excluding tert-OH is 1. The summed E-state index contributed by atoms with van der Waals surface area (Å²) in [6.45, 7) is 0. The van der Waals surface area contributed by atoms with Gasteiger partial charge >= 0.3 is 11.9 Å². The molecule has 2 rings (SSSR count). The first-order valence-electron chi connectivity index (χ1n) is 3.20. The first kappa shape index (κ1) is 7.57. The Bertz CT molecular complexity index is 328. The Morgan fingerprint density at radius 3 is 3.00 bits per heavy atom. The second kappa shape index (κ2) is 2.46. The van der Waals surface area contributed by atoms with Crippen LogP contribution in [0.1, 0.15) is 0 Å². The number of ether oxygens (including phenoxy) is 1. The smallest absolute Gasteiger partial charge is 0.346 e. The normalized spacial score (nSPS) is 27.6. The van der Waals surface area contributed by atoms with E-state index in [-0.39, 0.29) is 5.57 Å². The average molecular weight is 184 g/mol. The van der Waals surface area contributed by atoms with Crippen LogP contribution >= 0.6 is 11.8 Å². The summed E-state index contributed by atoms with van der Waals surface area (Å²) < 4.78 is 4.30. The van der Waals surface area contributed by atoms with Crippen LogP contribution in [0.2, 0.25) is 0 Å². The van der Waals surface area contributed by atoms with E-state index >= 15 is 0 Å². The summed E-state index contributed by atoms with van der Waals surface area (Å²) >= 11 is 1.08. The van der Waals surface area contributed by atoms with Crippen molar-refractivity contribution in [1.82, 2.24) is 0 Å². The van der Waals surface area contributed by atoms with Crippen molar-refractivity contribution in [3.05, 3.63) is 22.6 Å². The van der Waals surface area contributed by atoms with Gasteiger partial charge in [0.1, 0.15) is 5.44 Å². The number of cyclic esters (lactones) is 2. The Balaban J connectivity index is 2.47. The molecule has 1 unspecified atom stereocenters. The second-order valence-corrected chi connectivity index (χ2v) is 3.28. The zero-order valence-electron chi connectivity index (χ0n) is 5.81. The number of aliphatic hydroxyl groups is 1. The van der Waals surface area contributed by atoms with Crippen LogP contribution in [-0.4, -0.2) is 22.5 Å². The molecule has 1 N–H and O–H groups in total. The number of hydrogen-bond acceptors (Lipinski definition) is 5. The highest BCUT2D eigenvalue weighted by molar-refractivity contribution is 8.03. The third-order valence-electron chi connectivity index (χ3n) is 1.58. The predicted octanol–water partition coefficient (Wildman–Crippen LogP) is -0.0547. The van der Waals surface area contributed by atoms with Crippen LogP contribution in [0.4, 0.5) is 0 Å². The summed E-state index contributed by atoms with van der Waals surface area (Å²) in [5.41, 5.74) is -0.176. The fourth-order valence-electron chi connectivity index (χ4n) is 1.02. The number of carbonyl (C=O) groups excluding carboxylic acids is 2. The molecule has 0 spiro atoms. The summed E-state index contributed by atoms with van der Waals surface area (Å²) in [6.07, 6.45) is 1.14. The van der Waals surface area contributed by atoms with Gasteiger partial charge in [-0.25, -0.2) is 9.59 Å². The first-order chi connectivity index (χ1) is 5.68. The molecular formula is C7H4O4S. The minimum Gasteiger partial charge on any atom is -0.386 e. The van der Waals surface area contributed by atoms with Gasteiger partial charge in [-0.05, 0) is 5.41 Å². The molecule has 2 heterocycles. The lowest BCUT2D eigenvalue weighted by Crippen LogP contribution is -2.21. The van der Waals surface area contributed by atoms with E-state index in [1.165, 1.54) is 5.41 Å². The summed E-state index contributed by atoms with van der Waals surface area (Å²) in [4.78, 5) is 21.6. The van der Waals surface area contributed by atoms with Crippen LogP contribution < -0.4 is 0 Å². The van der Waals surface area contributed by atoms with Gasteiger partial charge in [0, 0.05) is 11.6 Å². The maximum absolute atomic E-state index is 11.0. The van der Waals surface area contributed by atoms with Crippen LogP contribution in [0.25, 0.3) is 0 Å². The minimum absolute atomic E-state index is 0.284. The van der Waals surface area contributed by atoms with Crippen molar-refractivity contribution < 1.29 is 19.4 Å². The monoisotopic (exact) mass is 184 g/mol. The fourth-order valence-corrected chi connectivity index (χ4v) is 1.86. The van der Waals surface area contributed by atoms with E-state index in [0.29, 0.717) is 5.57 Å². The van der Waals surface area contributed by atoms with Gasteiger partial charge in [-0.3, -0.25) is 0 Å². The SMILES string of the molecule is O=C1C=C2C(=CSC2O)C(=O)O1. The molecule has 0 saturated carbocycles. The highest BCUT2D eigenvalue weighted by Crippen LogP contribution is 2.35. The highest BCUT2D eigenvalue weighted by Gasteiger charge is 2.33. The van der Waals surface area contributed by atoms with E-state index < -0.39 is 17.4 Å². The Morgan fingerprint density at radius 1 is 1.50 bits per heavy atom. The Hall–Kier alpha value is -1.07. The molecule has 0 saturated heterocycles. The molecule has 5 heteroatoms. The number of fused-ring (bicyclic) bond motifs is 1. The van der Waals surface area contributed by atoms with Gasteiger partial charge in [-0.2, -0.15) is 0 Å². The van der Waals surface area contributed by atoms with E-state index in [1.807, 2.05) is 0 Å². The molecule has 0 aliphatic carbocycles. The fraction of sp³-hybridized carbons (Fsp3) is 0.143. The summed E-state index contributed by atoms with van der Waals surface area (Å²) in [5, 5.41) is 10.7. The number of esters is 2. The summed E-state index contributed by atoms with van der Waals surface area (Å²) in [7, 11) is 0. The van der Waals surface area contributed by atoms with Crippen LogP contribution in [0.5, 0.6) is 0 Å². The van der Waals surface area contributed by atoms with Gasteiger partial charge in [-0.15, -0.1) is 0 Å². The topological polar surface area (TPSA) is 63.6 Å². The average Bonchev–Trinajstić information content (AvgIpc) is 2.33. The molecule has 4 nitrogen and oxygen atoms in total. The van der Waals surface area contributed by atoms with Gasteiger partial charge in [0.15, 0.2) is 0 Å². The lowest BCUT2D eigenvalue weighted by atomic mass is 10.1. The van der Waals surface area contributed by atoms with Gasteiger partial charge < -0.3 is 9.84 Å². The van der Waals surface area contributed by atoms with Gasteiger partial charge in [0.25, 0.3) is 0 Å². The number of hydrogen-bond donors (Lipinski definition) is 1. The summed E-state index contributed by atoms with van der Waals surface area (Å²) in [5.74, 6) is -1.39. The molecule has 0 radical (unpaired) electrons. The third-order valence-corrected chi connectivity index (χ3v) is 2.46. The maximum Gasteiger partial charge on any atom is 0.346 e. The lowest BCUT2D eigenvalue weighted by Gasteiger charge is -2.11. The molecule has 1 atom stereocenters. The van der Waals surface area contributed by atoms with Crippen LogP contribution in [0, 0.1) is 0 Å². The van der Waals surface area contributed by atoms with Crippen molar-refractivity contribution in [2.75, 3.05) is 0 Å². The Kier molecular flexibility index (Phi) is 1.55. The maximum atomic E-state index is 11.0. The lowest BCUT2D eigenvalue weighted by molar-refractivity contribution is -0.153. The molecule has 0 fully saturated rings. The minimum atomic E-state index is -0.809. The molecule has 0 amide bonds. The van der Waals surface area contributed by atoms with Crippen LogP contribution in [0.15, 0.2) is 22.6 Å². The molecule has 0 aromatic carbocycles. The molecule has 12 heavy (non-hydrogen) atoms.